The minimum Gasteiger partial charge on any atom is -0.356 e. The molecular formula is C21H26N4. The van der Waals surface area contributed by atoms with Crippen LogP contribution in [0.25, 0.3) is 16.8 Å². The minimum atomic E-state index is 0.996. The van der Waals surface area contributed by atoms with Gasteiger partial charge in [-0.3, -0.25) is 0 Å². The lowest BCUT2D eigenvalue weighted by atomic mass is 10.1. The average Bonchev–Trinajstić information content (AvgIpc) is 2.98. The molecule has 0 aliphatic carbocycles. The molecule has 4 nitrogen and oxygen atoms in total. The van der Waals surface area contributed by atoms with Gasteiger partial charge in [-0.1, -0.05) is 43.7 Å². The first-order valence-electron chi connectivity index (χ1n) is 9.47. The van der Waals surface area contributed by atoms with E-state index in [1.54, 1.807) is 0 Å². The van der Waals surface area contributed by atoms with E-state index >= 15 is 0 Å². The fraction of sp³-hybridized carbons (Fsp3) is 0.429. The molecule has 1 fully saturated rings. The highest BCUT2D eigenvalue weighted by atomic mass is 15.4. The summed E-state index contributed by atoms with van der Waals surface area (Å²) in [6, 6.07) is 12.8. The molecule has 0 radical (unpaired) electrons. The zero-order valence-corrected chi connectivity index (χ0v) is 15.2. The molecule has 1 aromatic carbocycles. The molecule has 25 heavy (non-hydrogen) atoms. The zero-order chi connectivity index (χ0) is 17.2. The molecule has 0 saturated carbocycles. The van der Waals surface area contributed by atoms with Crippen molar-refractivity contribution in [3.8, 4) is 11.1 Å². The number of piperidine rings is 1. The van der Waals surface area contributed by atoms with Crippen LogP contribution < -0.4 is 4.90 Å². The van der Waals surface area contributed by atoms with E-state index in [4.69, 9.17) is 10.1 Å². The van der Waals surface area contributed by atoms with Crippen LogP contribution in [0, 0.1) is 6.92 Å². The maximum atomic E-state index is 4.99. The molecule has 0 amide bonds. The second-order valence-corrected chi connectivity index (χ2v) is 6.97. The smallest absolute Gasteiger partial charge is 0.165 e. The van der Waals surface area contributed by atoms with E-state index in [1.807, 2.05) is 0 Å². The zero-order valence-electron chi connectivity index (χ0n) is 15.2. The lowest BCUT2D eigenvalue weighted by Gasteiger charge is -2.29. The van der Waals surface area contributed by atoms with E-state index in [2.05, 4.69) is 59.7 Å². The third-order valence-electron chi connectivity index (χ3n) is 5.05. The van der Waals surface area contributed by atoms with Gasteiger partial charge in [-0.15, -0.1) is 0 Å². The van der Waals surface area contributed by atoms with E-state index in [1.165, 1.54) is 36.3 Å². The maximum Gasteiger partial charge on any atom is 0.165 e. The summed E-state index contributed by atoms with van der Waals surface area (Å²) < 4.78 is 2.07. The Morgan fingerprint density at radius 1 is 1.04 bits per heavy atom. The molecule has 1 saturated heterocycles. The van der Waals surface area contributed by atoms with Crippen molar-refractivity contribution in [3.63, 3.8) is 0 Å². The van der Waals surface area contributed by atoms with E-state index in [0.29, 0.717) is 0 Å². The summed E-state index contributed by atoms with van der Waals surface area (Å²) in [4.78, 5) is 7.48. The van der Waals surface area contributed by atoms with Crippen LogP contribution in [0.15, 0.2) is 36.4 Å². The van der Waals surface area contributed by atoms with Crippen LogP contribution >= 0.6 is 0 Å². The van der Waals surface area contributed by atoms with Crippen molar-refractivity contribution < 1.29 is 0 Å². The summed E-state index contributed by atoms with van der Waals surface area (Å²) in [6.45, 7) is 6.54. The van der Waals surface area contributed by atoms with Gasteiger partial charge in [0.05, 0.1) is 5.69 Å². The first-order chi connectivity index (χ1) is 12.3. The SMILES string of the molecule is CCCc1cc(N2CCCCC2)n2nc(C)c(-c3ccccc3)c2n1. The summed E-state index contributed by atoms with van der Waals surface area (Å²) in [5, 5.41) is 4.88. The van der Waals surface area contributed by atoms with Crippen LogP contribution in [-0.4, -0.2) is 27.7 Å². The van der Waals surface area contributed by atoms with Crippen molar-refractivity contribution in [1.82, 2.24) is 14.6 Å². The molecule has 2 aromatic heterocycles. The van der Waals surface area contributed by atoms with Crippen LogP contribution in [0.2, 0.25) is 0 Å². The lowest BCUT2D eigenvalue weighted by Crippen LogP contribution is -2.31. The Morgan fingerprint density at radius 2 is 1.80 bits per heavy atom. The summed E-state index contributed by atoms with van der Waals surface area (Å²) in [6.07, 6.45) is 5.98. The maximum absolute atomic E-state index is 4.99. The molecule has 4 heteroatoms. The Labute approximate surface area is 149 Å². The van der Waals surface area contributed by atoms with Crippen molar-refractivity contribution in [2.24, 2.45) is 0 Å². The lowest BCUT2D eigenvalue weighted by molar-refractivity contribution is 0.567. The van der Waals surface area contributed by atoms with Gasteiger partial charge in [0.25, 0.3) is 0 Å². The molecule has 1 aliphatic heterocycles. The second-order valence-electron chi connectivity index (χ2n) is 6.97. The molecule has 0 spiro atoms. The summed E-state index contributed by atoms with van der Waals surface area (Å²) in [5.74, 6) is 1.21. The predicted octanol–water partition coefficient (Wildman–Crippen LogP) is 4.65. The number of fused-ring (bicyclic) bond motifs is 1. The Bertz CT molecular complexity index is 860. The van der Waals surface area contributed by atoms with Gasteiger partial charge >= 0.3 is 0 Å². The minimum absolute atomic E-state index is 0.996. The van der Waals surface area contributed by atoms with E-state index in [9.17, 15) is 0 Å². The Balaban J connectivity index is 1.93. The number of anilines is 1. The number of hydrogen-bond donors (Lipinski definition) is 0. The molecule has 3 aromatic rings. The van der Waals surface area contributed by atoms with Gasteiger partial charge in [0, 0.05) is 30.4 Å². The van der Waals surface area contributed by atoms with Gasteiger partial charge in [0.2, 0.25) is 0 Å². The molecule has 1 aliphatic rings. The fourth-order valence-electron chi connectivity index (χ4n) is 3.83. The number of aromatic nitrogens is 3. The largest absolute Gasteiger partial charge is 0.356 e. The molecule has 4 rings (SSSR count). The first kappa shape index (κ1) is 16.1. The van der Waals surface area contributed by atoms with Gasteiger partial charge < -0.3 is 4.90 Å². The number of hydrogen-bond acceptors (Lipinski definition) is 3. The number of rotatable bonds is 4. The van der Waals surface area contributed by atoms with Gasteiger partial charge in [-0.05, 0) is 38.2 Å². The summed E-state index contributed by atoms with van der Waals surface area (Å²) in [5.41, 5.74) is 5.58. The molecule has 3 heterocycles. The highest BCUT2D eigenvalue weighted by molar-refractivity contribution is 5.81. The van der Waals surface area contributed by atoms with Gasteiger partial charge in [0.15, 0.2) is 5.65 Å². The van der Waals surface area contributed by atoms with Crippen LogP contribution in [0.5, 0.6) is 0 Å². The van der Waals surface area contributed by atoms with Crippen molar-refractivity contribution in [2.75, 3.05) is 18.0 Å². The molecular weight excluding hydrogens is 308 g/mol. The topological polar surface area (TPSA) is 33.4 Å². The van der Waals surface area contributed by atoms with Crippen LogP contribution in [-0.2, 0) is 6.42 Å². The first-order valence-corrected chi connectivity index (χ1v) is 9.47. The van der Waals surface area contributed by atoms with Gasteiger partial charge in [-0.25, -0.2) is 4.98 Å². The quantitative estimate of drug-likeness (QED) is 0.696. The molecule has 0 atom stereocenters. The highest BCUT2D eigenvalue weighted by Crippen LogP contribution is 2.31. The van der Waals surface area contributed by atoms with Crippen LogP contribution in [0.1, 0.15) is 44.0 Å². The van der Waals surface area contributed by atoms with Crippen LogP contribution in [0.4, 0.5) is 5.82 Å². The van der Waals surface area contributed by atoms with Crippen molar-refractivity contribution in [2.45, 2.75) is 46.0 Å². The van der Waals surface area contributed by atoms with Gasteiger partial charge in [-0.2, -0.15) is 9.61 Å². The monoisotopic (exact) mass is 334 g/mol. The van der Waals surface area contributed by atoms with E-state index in [-0.39, 0.29) is 0 Å². The summed E-state index contributed by atoms with van der Waals surface area (Å²) >= 11 is 0. The van der Waals surface area contributed by atoms with Crippen molar-refractivity contribution in [3.05, 3.63) is 47.8 Å². The summed E-state index contributed by atoms with van der Waals surface area (Å²) in [7, 11) is 0. The highest BCUT2D eigenvalue weighted by Gasteiger charge is 2.20. The molecule has 130 valence electrons. The normalized spacial score (nSPS) is 15.0. The Morgan fingerprint density at radius 3 is 2.52 bits per heavy atom. The standard InChI is InChI=1S/C21H26N4/c1-3-10-18-15-19(24-13-8-5-9-14-24)25-21(22-18)20(16(2)23-25)17-11-6-4-7-12-17/h4,6-7,11-12,15H,3,5,8-10,13-14H2,1-2H3. The Hall–Kier alpha value is -2.36. The van der Waals surface area contributed by atoms with Gasteiger partial charge in [0.1, 0.15) is 5.82 Å². The fourth-order valence-corrected chi connectivity index (χ4v) is 3.83. The Kier molecular flexibility index (Phi) is 4.43. The second kappa shape index (κ2) is 6.87. The van der Waals surface area contributed by atoms with Crippen molar-refractivity contribution >= 4 is 11.5 Å². The number of benzene rings is 1. The predicted molar refractivity (Wildman–Crippen MR) is 103 cm³/mol. The van der Waals surface area contributed by atoms with E-state index in [0.717, 1.165) is 42.8 Å². The third-order valence-corrected chi connectivity index (χ3v) is 5.05. The molecule has 0 N–H and O–H groups in total. The average molecular weight is 334 g/mol. The number of nitrogens with zero attached hydrogens (tertiary/aromatic N) is 4. The third kappa shape index (κ3) is 3.01. The number of aryl methyl sites for hydroxylation is 2. The van der Waals surface area contributed by atoms with E-state index < -0.39 is 0 Å². The molecule has 0 bridgehead atoms. The van der Waals surface area contributed by atoms with Crippen molar-refractivity contribution in [1.29, 1.82) is 0 Å². The molecule has 0 unspecified atom stereocenters. The van der Waals surface area contributed by atoms with Crippen LogP contribution in [0.3, 0.4) is 0 Å².